The molecule has 2 nitrogen and oxygen atoms in total. The van der Waals surface area contributed by atoms with E-state index in [9.17, 15) is 0 Å². The van der Waals surface area contributed by atoms with Crippen molar-refractivity contribution < 1.29 is 0 Å². The first-order chi connectivity index (χ1) is 33.7. The Bertz CT molecular complexity index is 3980. The molecule has 0 unspecified atom stereocenters. The molecule has 11 aromatic carbocycles. The van der Waals surface area contributed by atoms with Crippen molar-refractivity contribution >= 4 is 43.6 Å². The fraction of sp³-hybridized carbons (Fsp3) is 0. The molecule has 0 saturated heterocycles. The van der Waals surface area contributed by atoms with Crippen molar-refractivity contribution in [2.75, 3.05) is 0 Å². The maximum Gasteiger partial charge on any atom is 0.0547 e. The highest BCUT2D eigenvalue weighted by molar-refractivity contribution is 6.13. The molecule has 0 saturated carbocycles. The number of nitrogens with zero attached hydrogens (tertiary/aromatic N) is 2. The average Bonchev–Trinajstić information content (AvgIpc) is 3.93. The highest BCUT2D eigenvalue weighted by Crippen LogP contribution is 2.42. The van der Waals surface area contributed by atoms with Crippen molar-refractivity contribution in [3.63, 3.8) is 0 Å². The molecule has 0 atom stereocenters. The fourth-order valence-electron chi connectivity index (χ4n) is 10.4. The molecule has 318 valence electrons. The van der Waals surface area contributed by atoms with Crippen molar-refractivity contribution in [3.05, 3.63) is 267 Å². The highest BCUT2D eigenvalue weighted by Gasteiger charge is 2.18. The second kappa shape index (κ2) is 16.5. The van der Waals surface area contributed by atoms with E-state index < -0.39 is 0 Å². The minimum atomic E-state index is 1.14. The molecular formula is C66H44N2. The summed E-state index contributed by atoms with van der Waals surface area (Å²) in [5.41, 5.74) is 21.3. The van der Waals surface area contributed by atoms with Gasteiger partial charge >= 0.3 is 0 Å². The van der Waals surface area contributed by atoms with Crippen molar-refractivity contribution in [2.45, 2.75) is 0 Å². The van der Waals surface area contributed by atoms with E-state index in [1.54, 1.807) is 0 Å². The predicted octanol–water partition coefficient (Wildman–Crippen LogP) is 17.9. The lowest BCUT2D eigenvalue weighted by Crippen LogP contribution is -1.94. The van der Waals surface area contributed by atoms with Gasteiger partial charge in [-0.3, -0.25) is 0 Å². The van der Waals surface area contributed by atoms with Gasteiger partial charge in [-0.1, -0.05) is 176 Å². The van der Waals surface area contributed by atoms with E-state index in [-0.39, 0.29) is 0 Å². The molecule has 0 aliphatic carbocycles. The monoisotopic (exact) mass is 864 g/mol. The maximum atomic E-state index is 2.43. The summed E-state index contributed by atoms with van der Waals surface area (Å²) in [6, 6.07) is 97.6. The molecule has 13 rings (SSSR count). The molecule has 0 fully saturated rings. The van der Waals surface area contributed by atoms with Gasteiger partial charge in [-0.05, 0) is 158 Å². The molecule has 2 aromatic heterocycles. The first-order valence-electron chi connectivity index (χ1n) is 23.4. The fourth-order valence-corrected chi connectivity index (χ4v) is 10.4. The van der Waals surface area contributed by atoms with Crippen LogP contribution in [0.5, 0.6) is 0 Å². The van der Waals surface area contributed by atoms with Gasteiger partial charge in [0.25, 0.3) is 0 Å². The van der Waals surface area contributed by atoms with Gasteiger partial charge in [0.15, 0.2) is 0 Å². The van der Waals surface area contributed by atoms with Crippen LogP contribution in [-0.4, -0.2) is 9.13 Å². The molecule has 2 heterocycles. The van der Waals surface area contributed by atoms with E-state index in [1.165, 1.54) is 99.2 Å². The predicted molar refractivity (Wildman–Crippen MR) is 288 cm³/mol. The minimum Gasteiger partial charge on any atom is -0.309 e. The number of hydrogen-bond acceptors (Lipinski definition) is 0. The van der Waals surface area contributed by atoms with Gasteiger partial charge in [-0.25, -0.2) is 0 Å². The molecular weight excluding hydrogens is 821 g/mol. The van der Waals surface area contributed by atoms with Gasteiger partial charge in [0, 0.05) is 32.9 Å². The Morgan fingerprint density at radius 2 is 0.456 bits per heavy atom. The van der Waals surface area contributed by atoms with Crippen LogP contribution < -0.4 is 0 Å². The Morgan fingerprint density at radius 3 is 0.897 bits per heavy atom. The second-order valence-corrected chi connectivity index (χ2v) is 17.7. The van der Waals surface area contributed by atoms with Crippen molar-refractivity contribution in [1.82, 2.24) is 9.13 Å². The summed E-state index contributed by atoms with van der Waals surface area (Å²) >= 11 is 0. The standard InChI is InChI=1S/C66H44N2/c1-6-17-45(18-7-1)48-23-16-24-49(37-48)54-38-55(52-32-36-65-62(43-52)61-42-51(47-21-10-3-11-22-47)31-35-64(61)67(65)57-25-12-4-13-26-57)40-56(39-54)53-29-33-59-60-41-50(46-19-8-2-9-20-46)30-34-63(60)68(66(59)44-53)58-27-14-5-15-28-58/h1-44H. The summed E-state index contributed by atoms with van der Waals surface area (Å²) < 4.78 is 4.83. The van der Waals surface area contributed by atoms with Crippen LogP contribution in [0.1, 0.15) is 0 Å². The normalized spacial score (nSPS) is 11.5. The summed E-state index contributed by atoms with van der Waals surface area (Å²) in [6.07, 6.45) is 0. The molecule has 0 radical (unpaired) electrons. The third-order valence-electron chi connectivity index (χ3n) is 13.7. The second-order valence-electron chi connectivity index (χ2n) is 17.7. The quantitative estimate of drug-likeness (QED) is 0.144. The van der Waals surface area contributed by atoms with Gasteiger partial charge in [0.2, 0.25) is 0 Å². The van der Waals surface area contributed by atoms with Crippen LogP contribution in [0, 0.1) is 0 Å². The number of benzene rings is 11. The van der Waals surface area contributed by atoms with E-state index in [2.05, 4.69) is 276 Å². The SMILES string of the molecule is c1ccc(-c2cccc(-c3cc(-c4ccc5c(c4)c4cc(-c6ccccc6)ccc4n5-c4ccccc4)cc(-c4ccc5c6cc(-c7ccccc7)ccc6n(-c6ccccc6)c5c4)c3)c2)cc1. The van der Waals surface area contributed by atoms with E-state index in [1.807, 2.05) is 0 Å². The third-order valence-corrected chi connectivity index (χ3v) is 13.7. The molecule has 13 aromatic rings. The van der Waals surface area contributed by atoms with E-state index >= 15 is 0 Å². The van der Waals surface area contributed by atoms with Crippen molar-refractivity contribution in [1.29, 1.82) is 0 Å². The van der Waals surface area contributed by atoms with Crippen LogP contribution in [0.3, 0.4) is 0 Å². The number of para-hydroxylation sites is 2. The number of fused-ring (bicyclic) bond motifs is 6. The van der Waals surface area contributed by atoms with Gasteiger partial charge < -0.3 is 9.13 Å². The highest BCUT2D eigenvalue weighted by atomic mass is 15.0. The summed E-state index contributed by atoms with van der Waals surface area (Å²) in [5.74, 6) is 0. The lowest BCUT2D eigenvalue weighted by molar-refractivity contribution is 1.18. The largest absolute Gasteiger partial charge is 0.309 e. The Kier molecular flexibility index (Phi) is 9.54. The first-order valence-corrected chi connectivity index (χ1v) is 23.4. The number of aromatic nitrogens is 2. The zero-order chi connectivity index (χ0) is 45.0. The van der Waals surface area contributed by atoms with E-state index in [0.29, 0.717) is 0 Å². The van der Waals surface area contributed by atoms with Gasteiger partial charge in [0.1, 0.15) is 0 Å². The number of rotatable bonds is 8. The van der Waals surface area contributed by atoms with Crippen LogP contribution in [0.15, 0.2) is 267 Å². The summed E-state index contributed by atoms with van der Waals surface area (Å²) in [7, 11) is 0. The molecule has 0 bridgehead atoms. The lowest BCUT2D eigenvalue weighted by Gasteiger charge is -2.14. The van der Waals surface area contributed by atoms with Crippen LogP contribution in [0.2, 0.25) is 0 Å². The van der Waals surface area contributed by atoms with E-state index in [4.69, 9.17) is 0 Å². The summed E-state index contributed by atoms with van der Waals surface area (Å²) in [6.45, 7) is 0. The van der Waals surface area contributed by atoms with Gasteiger partial charge in [-0.2, -0.15) is 0 Å². The molecule has 2 heteroatoms. The smallest absolute Gasteiger partial charge is 0.0547 e. The lowest BCUT2D eigenvalue weighted by atomic mass is 9.91. The van der Waals surface area contributed by atoms with Crippen LogP contribution in [-0.2, 0) is 0 Å². The summed E-state index contributed by atoms with van der Waals surface area (Å²) in [5, 5.41) is 4.92. The van der Waals surface area contributed by atoms with E-state index in [0.717, 1.165) is 22.5 Å². The van der Waals surface area contributed by atoms with Crippen LogP contribution in [0.4, 0.5) is 0 Å². The molecule has 0 amide bonds. The minimum absolute atomic E-state index is 1.14. The van der Waals surface area contributed by atoms with Crippen LogP contribution in [0.25, 0.3) is 122 Å². The maximum absolute atomic E-state index is 2.43. The van der Waals surface area contributed by atoms with Crippen LogP contribution >= 0.6 is 0 Å². The zero-order valence-corrected chi connectivity index (χ0v) is 37.3. The van der Waals surface area contributed by atoms with Gasteiger partial charge in [0.05, 0.1) is 22.1 Å². The third kappa shape index (κ3) is 6.90. The van der Waals surface area contributed by atoms with Crippen molar-refractivity contribution in [2.24, 2.45) is 0 Å². The zero-order valence-electron chi connectivity index (χ0n) is 37.3. The molecule has 0 aliphatic heterocycles. The Labute approximate surface area is 395 Å². The topological polar surface area (TPSA) is 9.86 Å². The molecule has 68 heavy (non-hydrogen) atoms. The Morgan fingerprint density at radius 1 is 0.162 bits per heavy atom. The molecule has 0 aliphatic rings. The Hall–Kier alpha value is -8.98. The first kappa shape index (κ1) is 39.4. The summed E-state index contributed by atoms with van der Waals surface area (Å²) in [4.78, 5) is 0. The molecule has 0 N–H and O–H groups in total. The van der Waals surface area contributed by atoms with Gasteiger partial charge in [-0.15, -0.1) is 0 Å². The molecule has 0 spiro atoms. The van der Waals surface area contributed by atoms with Crippen molar-refractivity contribution in [3.8, 4) is 78.1 Å². The average molecular weight is 865 g/mol. The Balaban J connectivity index is 1.03. The number of hydrogen-bond donors (Lipinski definition) is 0.